The van der Waals surface area contributed by atoms with Gasteiger partial charge in [-0.2, -0.15) is 5.26 Å². The second kappa shape index (κ2) is 14.4. The molecule has 0 radical (unpaired) electrons. The van der Waals surface area contributed by atoms with Gasteiger partial charge in [0, 0.05) is 35.5 Å². The molecule has 1 aromatic rings. The average Bonchev–Trinajstić information content (AvgIpc) is 2.86. The zero-order valence-corrected chi connectivity index (χ0v) is 22.0. The van der Waals surface area contributed by atoms with Gasteiger partial charge in [0.15, 0.2) is 11.9 Å². The number of nitriles is 1. The number of anilines is 1. The zero-order valence-electron chi connectivity index (χ0n) is 22.0. The summed E-state index contributed by atoms with van der Waals surface area (Å²) in [5.74, 6) is 0.362. The highest BCUT2D eigenvalue weighted by atomic mass is 16.5. The molecule has 6 nitrogen and oxygen atoms in total. The first-order valence-electron chi connectivity index (χ1n) is 11.9. The molecule has 0 unspecified atom stereocenters. The number of hydrogen-bond acceptors (Lipinski definition) is 5. The van der Waals surface area contributed by atoms with Crippen LogP contribution in [0.2, 0.25) is 0 Å². The topological polar surface area (TPSA) is 82.8 Å². The van der Waals surface area contributed by atoms with Crippen LogP contribution in [0.15, 0.2) is 89.1 Å². The van der Waals surface area contributed by atoms with E-state index in [1.54, 1.807) is 43.0 Å². The van der Waals surface area contributed by atoms with Crippen molar-refractivity contribution in [2.24, 2.45) is 4.99 Å². The van der Waals surface area contributed by atoms with Crippen LogP contribution >= 0.6 is 0 Å². The van der Waals surface area contributed by atoms with Crippen molar-refractivity contribution in [2.45, 2.75) is 59.0 Å². The molecule has 0 aliphatic carbocycles. The fraction of sp³-hybridized carbons (Fsp3) is 0.333. The summed E-state index contributed by atoms with van der Waals surface area (Å²) in [6.45, 7) is 23.0. The highest BCUT2D eigenvalue weighted by Crippen LogP contribution is 2.27. The van der Waals surface area contributed by atoms with Gasteiger partial charge < -0.3 is 9.64 Å². The molecule has 0 saturated heterocycles. The lowest BCUT2D eigenvalue weighted by atomic mass is 9.99. The normalized spacial score (nSPS) is 11.8. The Morgan fingerprint density at radius 1 is 1.19 bits per heavy atom. The van der Waals surface area contributed by atoms with Crippen molar-refractivity contribution in [3.8, 4) is 11.8 Å². The first-order chi connectivity index (χ1) is 17.0. The maximum Gasteiger partial charge on any atom is 0.256 e. The van der Waals surface area contributed by atoms with E-state index in [0.29, 0.717) is 59.7 Å². The molecule has 0 bridgehead atoms. The molecule has 36 heavy (non-hydrogen) atoms. The van der Waals surface area contributed by atoms with Gasteiger partial charge in [0.2, 0.25) is 0 Å². The minimum atomic E-state index is -0.940. The molecule has 0 heterocycles. The van der Waals surface area contributed by atoms with Gasteiger partial charge in [0.1, 0.15) is 5.75 Å². The molecular weight excluding hydrogens is 450 g/mol. The number of aliphatic imine (C=N–C) groups is 1. The number of amides is 1. The fourth-order valence-corrected chi connectivity index (χ4v) is 3.35. The highest BCUT2D eigenvalue weighted by Gasteiger charge is 2.23. The molecule has 0 N–H and O–H groups in total. The number of nitrogens with zero attached hydrogens (tertiary/aromatic N) is 3. The predicted octanol–water partition coefficient (Wildman–Crippen LogP) is 6.68. The van der Waals surface area contributed by atoms with Crippen molar-refractivity contribution < 1.29 is 14.3 Å². The molecule has 1 amide bonds. The third-order valence-electron chi connectivity index (χ3n) is 5.34. The molecule has 1 rings (SSSR count). The van der Waals surface area contributed by atoms with Gasteiger partial charge in [0.05, 0.1) is 6.07 Å². The molecule has 1 aromatic carbocycles. The number of likely N-dealkylation sites (N-methyl/N-ethyl adjacent to an activating group) is 1. The monoisotopic (exact) mass is 487 g/mol. The Kier molecular flexibility index (Phi) is 12.0. The average molecular weight is 488 g/mol. The van der Waals surface area contributed by atoms with Gasteiger partial charge in [-0.15, -0.1) is 0 Å². The summed E-state index contributed by atoms with van der Waals surface area (Å²) in [7, 11) is 0. The van der Waals surface area contributed by atoms with Crippen LogP contribution in [0, 0.1) is 11.3 Å². The van der Waals surface area contributed by atoms with Gasteiger partial charge in [-0.3, -0.25) is 14.6 Å². The third-order valence-corrected chi connectivity index (χ3v) is 5.34. The SMILES string of the molecule is C=N/C(CCC)=C(/CC(=C)/C=C\CC(=C)C(=C)C#N)C(=O)N(CC)c1ccc(OC(C)(C)C=O)cc1. The Labute approximate surface area is 215 Å². The molecule has 190 valence electrons. The number of rotatable bonds is 15. The largest absolute Gasteiger partial charge is 0.480 e. The minimum Gasteiger partial charge on any atom is -0.480 e. The summed E-state index contributed by atoms with van der Waals surface area (Å²) in [5, 5.41) is 8.94. The highest BCUT2D eigenvalue weighted by molar-refractivity contribution is 6.06. The van der Waals surface area contributed by atoms with E-state index in [1.165, 1.54) is 0 Å². The van der Waals surface area contributed by atoms with E-state index >= 15 is 0 Å². The van der Waals surface area contributed by atoms with Crippen LogP contribution in [0.5, 0.6) is 5.75 Å². The maximum atomic E-state index is 13.7. The van der Waals surface area contributed by atoms with Crippen molar-refractivity contribution in [2.75, 3.05) is 11.4 Å². The fourth-order valence-electron chi connectivity index (χ4n) is 3.35. The number of carbonyl (C=O) groups is 2. The van der Waals surface area contributed by atoms with Crippen molar-refractivity contribution in [1.29, 1.82) is 5.26 Å². The summed E-state index contributed by atoms with van der Waals surface area (Å²) < 4.78 is 5.69. The van der Waals surface area contributed by atoms with Gasteiger partial charge in [-0.25, -0.2) is 0 Å². The number of hydrogen-bond donors (Lipinski definition) is 0. The zero-order chi connectivity index (χ0) is 27.3. The van der Waals surface area contributed by atoms with Crippen molar-refractivity contribution in [1.82, 2.24) is 0 Å². The standard InChI is InChI=1S/C30H37N3O3/c1-9-12-28(32-8)27(19-22(3)13-11-14-23(4)24(5)20-31)29(35)33(10-2)25-15-17-26(18-16-25)36-30(6,7)21-34/h11,13,15-18,21H,3-5,8-10,12,14,19H2,1-2,6-7H3/b13-11-,28-27-. The van der Waals surface area contributed by atoms with Crippen LogP contribution < -0.4 is 9.64 Å². The summed E-state index contributed by atoms with van der Waals surface area (Å²) in [6, 6.07) is 9.04. The maximum absolute atomic E-state index is 13.7. The van der Waals surface area contributed by atoms with Gasteiger partial charge in [-0.05, 0) is 70.2 Å². The molecule has 6 heteroatoms. The Hall–Kier alpha value is -3.98. The molecule has 0 aliphatic rings. The Morgan fingerprint density at radius 2 is 1.83 bits per heavy atom. The quantitative estimate of drug-likeness (QED) is 0.0908. The molecule has 0 saturated carbocycles. The van der Waals surface area contributed by atoms with E-state index in [9.17, 15) is 9.59 Å². The Balaban J connectivity index is 3.21. The molecule has 0 aromatic heterocycles. The van der Waals surface area contributed by atoms with Crippen molar-refractivity contribution in [3.63, 3.8) is 0 Å². The number of aldehydes is 1. The number of ether oxygens (including phenoxy) is 1. The first kappa shape index (κ1) is 30.1. The van der Waals surface area contributed by atoms with Crippen LogP contribution in [-0.4, -0.2) is 31.1 Å². The number of benzene rings is 1. The number of allylic oxidation sites excluding steroid dienone is 6. The second-order valence-corrected chi connectivity index (χ2v) is 8.84. The molecule has 0 atom stereocenters. The van der Waals surface area contributed by atoms with Gasteiger partial charge in [0.25, 0.3) is 5.91 Å². The lowest BCUT2D eigenvalue weighted by molar-refractivity contribution is -0.119. The minimum absolute atomic E-state index is 0.174. The summed E-state index contributed by atoms with van der Waals surface area (Å²) in [4.78, 5) is 30.7. The van der Waals surface area contributed by atoms with Gasteiger partial charge >= 0.3 is 0 Å². The molecule has 0 fully saturated rings. The molecule has 0 spiro atoms. The van der Waals surface area contributed by atoms with Crippen LogP contribution in [0.25, 0.3) is 0 Å². The van der Waals surface area contributed by atoms with Crippen molar-refractivity contribution >= 4 is 24.6 Å². The predicted molar refractivity (Wildman–Crippen MR) is 148 cm³/mol. The Bertz CT molecular complexity index is 1100. The number of carbonyl (C=O) groups excluding carboxylic acids is 2. The van der Waals surface area contributed by atoms with E-state index in [1.807, 2.05) is 32.1 Å². The van der Waals surface area contributed by atoms with Crippen LogP contribution in [-0.2, 0) is 9.59 Å². The summed E-state index contributed by atoms with van der Waals surface area (Å²) in [5.41, 5.74) is 2.63. The summed E-state index contributed by atoms with van der Waals surface area (Å²) in [6.07, 6.45) is 6.63. The molecule has 0 aliphatic heterocycles. The van der Waals surface area contributed by atoms with Crippen molar-refractivity contribution in [3.05, 3.63) is 84.1 Å². The van der Waals surface area contributed by atoms with Gasteiger partial charge in [-0.1, -0.05) is 50.8 Å². The van der Waals surface area contributed by atoms with E-state index in [0.717, 1.165) is 18.3 Å². The smallest absolute Gasteiger partial charge is 0.256 e. The second-order valence-electron chi connectivity index (χ2n) is 8.84. The lowest BCUT2D eigenvalue weighted by Crippen LogP contribution is -2.33. The van der Waals surface area contributed by atoms with E-state index in [4.69, 9.17) is 10.00 Å². The lowest BCUT2D eigenvalue weighted by Gasteiger charge is -2.25. The van der Waals surface area contributed by atoms with Crippen LogP contribution in [0.3, 0.4) is 0 Å². The first-order valence-corrected chi connectivity index (χ1v) is 11.9. The van der Waals surface area contributed by atoms with Crippen LogP contribution in [0.1, 0.15) is 53.4 Å². The summed E-state index contributed by atoms with van der Waals surface area (Å²) >= 11 is 0. The van der Waals surface area contributed by atoms with E-state index < -0.39 is 5.60 Å². The van der Waals surface area contributed by atoms with E-state index in [-0.39, 0.29) is 5.91 Å². The third kappa shape index (κ3) is 8.99. The molecular formula is C30H37N3O3. The van der Waals surface area contributed by atoms with Crippen LogP contribution in [0.4, 0.5) is 5.69 Å². The Morgan fingerprint density at radius 3 is 2.33 bits per heavy atom. The van der Waals surface area contributed by atoms with E-state index in [2.05, 4.69) is 31.4 Å².